The van der Waals surface area contributed by atoms with Crippen molar-refractivity contribution in [3.63, 3.8) is 0 Å². The van der Waals surface area contributed by atoms with Gasteiger partial charge in [0.1, 0.15) is 0 Å². The van der Waals surface area contributed by atoms with Crippen LogP contribution in [0.3, 0.4) is 0 Å². The SMILES string of the molecule is CC1CCC(CNc2nnc(C(F)(F)F)s2)C1. The van der Waals surface area contributed by atoms with Crippen molar-refractivity contribution in [1.29, 1.82) is 0 Å². The maximum atomic E-state index is 12.3. The van der Waals surface area contributed by atoms with Crippen LogP contribution in [0.2, 0.25) is 0 Å². The molecule has 1 aliphatic rings. The van der Waals surface area contributed by atoms with Gasteiger partial charge in [-0.05, 0) is 24.7 Å². The van der Waals surface area contributed by atoms with Gasteiger partial charge in [-0.25, -0.2) is 0 Å². The fourth-order valence-corrected chi connectivity index (χ4v) is 2.77. The molecule has 0 saturated heterocycles. The van der Waals surface area contributed by atoms with Gasteiger partial charge < -0.3 is 5.32 Å². The average Bonchev–Trinajstić information content (AvgIpc) is 2.82. The number of anilines is 1. The summed E-state index contributed by atoms with van der Waals surface area (Å²) in [5.41, 5.74) is 0. The Balaban J connectivity index is 1.85. The van der Waals surface area contributed by atoms with Gasteiger partial charge in [0.2, 0.25) is 10.1 Å². The first kappa shape index (κ1) is 12.6. The Kier molecular flexibility index (Phi) is 3.56. The highest BCUT2D eigenvalue weighted by Gasteiger charge is 2.35. The summed E-state index contributed by atoms with van der Waals surface area (Å²) in [4.78, 5) is 0. The molecule has 0 bridgehead atoms. The van der Waals surface area contributed by atoms with Crippen LogP contribution in [0.4, 0.5) is 18.3 Å². The molecule has 0 spiro atoms. The van der Waals surface area contributed by atoms with E-state index in [4.69, 9.17) is 0 Å². The lowest BCUT2D eigenvalue weighted by Crippen LogP contribution is -2.11. The van der Waals surface area contributed by atoms with E-state index in [-0.39, 0.29) is 5.13 Å². The minimum Gasteiger partial charge on any atom is -0.360 e. The van der Waals surface area contributed by atoms with E-state index >= 15 is 0 Å². The van der Waals surface area contributed by atoms with Gasteiger partial charge in [-0.15, -0.1) is 10.2 Å². The number of hydrogen-bond donors (Lipinski definition) is 1. The summed E-state index contributed by atoms with van der Waals surface area (Å²) in [5.74, 6) is 1.27. The van der Waals surface area contributed by atoms with Gasteiger partial charge in [0.15, 0.2) is 0 Å². The van der Waals surface area contributed by atoms with E-state index in [1.165, 1.54) is 6.42 Å². The number of nitrogens with one attached hydrogen (secondary N) is 1. The molecule has 0 radical (unpaired) electrons. The van der Waals surface area contributed by atoms with Crippen molar-refractivity contribution in [2.75, 3.05) is 11.9 Å². The van der Waals surface area contributed by atoms with Crippen molar-refractivity contribution in [1.82, 2.24) is 10.2 Å². The molecule has 1 heterocycles. The minimum absolute atomic E-state index is 0.261. The zero-order valence-corrected chi connectivity index (χ0v) is 10.2. The molecule has 1 fully saturated rings. The number of alkyl halides is 3. The third-order valence-corrected chi connectivity index (χ3v) is 3.94. The monoisotopic (exact) mass is 265 g/mol. The van der Waals surface area contributed by atoms with Gasteiger partial charge in [0.05, 0.1) is 0 Å². The standard InChI is InChI=1S/C10H14F3N3S/c1-6-2-3-7(4-6)5-14-9-16-15-8(17-9)10(11,12)13/h6-7H,2-5H2,1H3,(H,14,16). The first-order valence-electron chi connectivity index (χ1n) is 5.59. The lowest BCUT2D eigenvalue weighted by Gasteiger charge is -2.09. The largest absolute Gasteiger partial charge is 0.445 e. The van der Waals surface area contributed by atoms with Crippen LogP contribution in [0.5, 0.6) is 0 Å². The first-order chi connectivity index (χ1) is 7.95. The molecule has 3 nitrogen and oxygen atoms in total. The van der Waals surface area contributed by atoms with Crippen LogP contribution in [0.15, 0.2) is 0 Å². The molecule has 0 aliphatic heterocycles. The molecule has 1 aromatic rings. The maximum Gasteiger partial charge on any atom is 0.445 e. The van der Waals surface area contributed by atoms with Crippen LogP contribution in [0, 0.1) is 11.8 Å². The minimum atomic E-state index is -4.39. The van der Waals surface area contributed by atoms with Crippen LogP contribution in [-0.4, -0.2) is 16.7 Å². The van der Waals surface area contributed by atoms with Crippen molar-refractivity contribution < 1.29 is 13.2 Å². The van der Waals surface area contributed by atoms with Crippen molar-refractivity contribution in [2.45, 2.75) is 32.4 Å². The molecule has 1 saturated carbocycles. The highest BCUT2D eigenvalue weighted by Crippen LogP contribution is 2.34. The molecule has 1 aromatic heterocycles. The van der Waals surface area contributed by atoms with E-state index in [1.54, 1.807) is 0 Å². The molecular weight excluding hydrogens is 251 g/mol. The third kappa shape index (κ3) is 3.31. The van der Waals surface area contributed by atoms with Gasteiger partial charge in [-0.2, -0.15) is 13.2 Å². The summed E-state index contributed by atoms with van der Waals surface area (Å²) in [5, 5.41) is 8.95. The average molecular weight is 265 g/mol. The molecule has 1 N–H and O–H groups in total. The van der Waals surface area contributed by atoms with Crippen molar-refractivity contribution in [3.8, 4) is 0 Å². The predicted octanol–water partition coefficient (Wildman–Crippen LogP) is 3.41. The summed E-state index contributed by atoms with van der Waals surface area (Å²) < 4.78 is 36.8. The lowest BCUT2D eigenvalue weighted by atomic mass is 10.1. The number of halogens is 3. The van der Waals surface area contributed by atoms with Crippen molar-refractivity contribution >= 4 is 16.5 Å². The second-order valence-corrected chi connectivity index (χ2v) is 5.55. The number of nitrogens with zero attached hydrogens (tertiary/aromatic N) is 2. The van der Waals surface area contributed by atoms with Crippen LogP contribution < -0.4 is 5.32 Å². The Morgan fingerprint density at radius 3 is 2.65 bits per heavy atom. The summed E-state index contributed by atoms with van der Waals surface area (Å²) >= 11 is 0.566. The van der Waals surface area contributed by atoms with Crippen LogP contribution >= 0.6 is 11.3 Å². The van der Waals surface area contributed by atoms with Crippen LogP contribution in [0.25, 0.3) is 0 Å². The smallest absolute Gasteiger partial charge is 0.360 e. The Bertz CT molecular complexity index is 377. The second kappa shape index (κ2) is 4.80. The Labute approximate surface area is 101 Å². The van der Waals surface area contributed by atoms with E-state index < -0.39 is 11.2 Å². The number of hydrogen-bond acceptors (Lipinski definition) is 4. The molecule has 0 aromatic carbocycles. The van der Waals surface area contributed by atoms with E-state index in [2.05, 4.69) is 22.4 Å². The van der Waals surface area contributed by atoms with Crippen molar-refractivity contribution in [2.24, 2.45) is 11.8 Å². The van der Waals surface area contributed by atoms with Crippen LogP contribution in [0.1, 0.15) is 31.2 Å². The Morgan fingerprint density at radius 1 is 1.35 bits per heavy atom. The molecule has 96 valence electrons. The third-order valence-electron chi connectivity index (χ3n) is 3.01. The van der Waals surface area contributed by atoms with E-state index in [0.717, 1.165) is 18.8 Å². The van der Waals surface area contributed by atoms with Crippen molar-refractivity contribution in [3.05, 3.63) is 5.01 Å². The molecule has 7 heteroatoms. The van der Waals surface area contributed by atoms with Gasteiger partial charge in [-0.1, -0.05) is 24.7 Å². The summed E-state index contributed by atoms with van der Waals surface area (Å²) in [6.07, 6.45) is -0.910. The highest BCUT2D eigenvalue weighted by molar-refractivity contribution is 7.15. The van der Waals surface area contributed by atoms with Gasteiger partial charge in [0, 0.05) is 6.54 Å². The normalized spacial score (nSPS) is 25.2. The summed E-state index contributed by atoms with van der Waals surface area (Å²) in [6, 6.07) is 0. The summed E-state index contributed by atoms with van der Waals surface area (Å²) in [6.45, 7) is 2.89. The zero-order valence-electron chi connectivity index (χ0n) is 9.42. The fourth-order valence-electron chi connectivity index (χ4n) is 2.15. The predicted molar refractivity (Wildman–Crippen MR) is 59.9 cm³/mol. The topological polar surface area (TPSA) is 37.8 Å². The van der Waals surface area contributed by atoms with Gasteiger partial charge >= 0.3 is 6.18 Å². The highest BCUT2D eigenvalue weighted by atomic mass is 32.1. The van der Waals surface area contributed by atoms with E-state index in [0.29, 0.717) is 23.8 Å². The van der Waals surface area contributed by atoms with Gasteiger partial charge in [0.25, 0.3) is 0 Å². The molecule has 1 aliphatic carbocycles. The number of rotatable bonds is 3. The Morgan fingerprint density at radius 2 is 2.12 bits per heavy atom. The van der Waals surface area contributed by atoms with E-state index in [1.807, 2.05) is 0 Å². The maximum absolute atomic E-state index is 12.3. The summed E-state index contributed by atoms with van der Waals surface area (Å²) in [7, 11) is 0. The molecule has 17 heavy (non-hydrogen) atoms. The molecule has 2 rings (SSSR count). The molecule has 2 unspecified atom stereocenters. The van der Waals surface area contributed by atoms with Gasteiger partial charge in [-0.3, -0.25) is 0 Å². The molecule has 2 atom stereocenters. The second-order valence-electron chi connectivity index (χ2n) is 4.58. The van der Waals surface area contributed by atoms with E-state index in [9.17, 15) is 13.2 Å². The lowest BCUT2D eigenvalue weighted by molar-refractivity contribution is -0.138. The first-order valence-corrected chi connectivity index (χ1v) is 6.41. The molecular formula is C10H14F3N3S. The van der Waals surface area contributed by atoms with Crippen LogP contribution in [-0.2, 0) is 6.18 Å². The number of aromatic nitrogens is 2. The Hall–Kier alpha value is -0.850. The zero-order chi connectivity index (χ0) is 12.5. The fraction of sp³-hybridized carbons (Fsp3) is 0.800. The quantitative estimate of drug-likeness (QED) is 0.910. The molecule has 0 amide bonds.